The predicted octanol–water partition coefficient (Wildman–Crippen LogP) is 1.10. The molecule has 5 heteroatoms. The van der Waals surface area contributed by atoms with E-state index < -0.39 is 0 Å². The maximum absolute atomic E-state index is 12.0. The molecule has 17 heavy (non-hydrogen) atoms. The minimum absolute atomic E-state index is 0.0533. The van der Waals surface area contributed by atoms with Gasteiger partial charge in [0.05, 0.1) is 24.6 Å². The average molecular weight is 252 g/mol. The van der Waals surface area contributed by atoms with Crippen LogP contribution in [0.5, 0.6) is 5.75 Å². The zero-order valence-corrected chi connectivity index (χ0v) is 10.6. The number of hydrogen-bond acceptors (Lipinski definition) is 4. The number of thioether (sulfide) groups is 1. The molecule has 0 radical (unpaired) electrons. The number of para-hydroxylation sites is 2. The highest BCUT2D eigenvalue weighted by atomic mass is 32.2. The van der Waals surface area contributed by atoms with Crippen molar-refractivity contribution in [3.05, 3.63) is 24.3 Å². The molecule has 0 aliphatic carbocycles. The van der Waals surface area contributed by atoms with Crippen LogP contribution in [0, 0.1) is 0 Å². The van der Waals surface area contributed by atoms with Crippen molar-refractivity contribution in [2.24, 2.45) is 5.73 Å². The molecule has 1 aromatic rings. The molecule has 1 unspecified atom stereocenters. The van der Waals surface area contributed by atoms with Gasteiger partial charge in [-0.1, -0.05) is 12.1 Å². The molecule has 2 N–H and O–H groups in total. The topological polar surface area (TPSA) is 55.6 Å². The number of carbonyl (C=O) groups excluding carboxylic acids is 1. The monoisotopic (exact) mass is 252 g/mol. The van der Waals surface area contributed by atoms with Gasteiger partial charge in [-0.25, -0.2) is 0 Å². The number of rotatable bonds is 3. The van der Waals surface area contributed by atoms with Crippen LogP contribution in [0.3, 0.4) is 0 Å². The molecular weight excluding hydrogens is 236 g/mol. The molecule has 92 valence electrons. The van der Waals surface area contributed by atoms with Crippen LogP contribution in [-0.2, 0) is 4.79 Å². The molecule has 1 aromatic carbocycles. The number of benzene rings is 1. The first-order valence-electron chi connectivity index (χ1n) is 5.50. The molecule has 1 aliphatic rings. The van der Waals surface area contributed by atoms with E-state index in [4.69, 9.17) is 10.5 Å². The van der Waals surface area contributed by atoms with Gasteiger partial charge in [0.1, 0.15) is 5.75 Å². The van der Waals surface area contributed by atoms with Gasteiger partial charge in [0.2, 0.25) is 5.91 Å². The molecule has 1 saturated heterocycles. The van der Waals surface area contributed by atoms with Crippen molar-refractivity contribution in [2.45, 2.75) is 6.04 Å². The normalized spacial score (nSPS) is 20.5. The first kappa shape index (κ1) is 12.3. The fourth-order valence-corrected chi connectivity index (χ4v) is 2.95. The van der Waals surface area contributed by atoms with E-state index in [0.29, 0.717) is 18.0 Å². The summed E-state index contributed by atoms with van der Waals surface area (Å²) in [4.78, 5) is 13.8. The van der Waals surface area contributed by atoms with E-state index in [1.54, 1.807) is 23.8 Å². The van der Waals surface area contributed by atoms with Crippen LogP contribution < -0.4 is 15.4 Å². The third kappa shape index (κ3) is 2.40. The second kappa shape index (κ2) is 5.42. The molecule has 1 aliphatic heterocycles. The number of ether oxygens (including phenoxy) is 1. The fraction of sp³-hybridized carbons (Fsp3) is 0.417. The lowest BCUT2D eigenvalue weighted by Crippen LogP contribution is -2.50. The SMILES string of the molecule is COc1ccccc1N1C(=O)CSCC1CN. The highest BCUT2D eigenvalue weighted by molar-refractivity contribution is 8.00. The van der Waals surface area contributed by atoms with E-state index in [1.165, 1.54) is 0 Å². The van der Waals surface area contributed by atoms with Crippen LogP contribution in [0.2, 0.25) is 0 Å². The van der Waals surface area contributed by atoms with Gasteiger partial charge < -0.3 is 15.4 Å². The van der Waals surface area contributed by atoms with Gasteiger partial charge in [0, 0.05) is 12.3 Å². The predicted molar refractivity (Wildman–Crippen MR) is 70.6 cm³/mol. The van der Waals surface area contributed by atoms with Gasteiger partial charge >= 0.3 is 0 Å². The average Bonchev–Trinajstić information content (AvgIpc) is 2.38. The second-order valence-corrected chi connectivity index (χ2v) is 4.87. The Kier molecular flexibility index (Phi) is 3.91. The summed E-state index contributed by atoms with van der Waals surface area (Å²) in [5.74, 6) is 2.20. The number of methoxy groups -OCH3 is 1. The van der Waals surface area contributed by atoms with Crippen molar-refractivity contribution in [2.75, 3.05) is 30.1 Å². The lowest BCUT2D eigenvalue weighted by molar-refractivity contribution is -0.116. The van der Waals surface area contributed by atoms with E-state index in [-0.39, 0.29) is 11.9 Å². The summed E-state index contributed by atoms with van der Waals surface area (Å²) < 4.78 is 5.30. The molecule has 0 spiro atoms. The van der Waals surface area contributed by atoms with Crippen molar-refractivity contribution >= 4 is 23.4 Å². The minimum atomic E-state index is 0.0533. The maximum atomic E-state index is 12.0. The van der Waals surface area contributed by atoms with Crippen LogP contribution in [0.15, 0.2) is 24.3 Å². The Hall–Kier alpha value is -1.20. The summed E-state index contributed by atoms with van der Waals surface area (Å²) in [7, 11) is 1.61. The fourth-order valence-electron chi connectivity index (χ4n) is 1.96. The van der Waals surface area contributed by atoms with Gasteiger partial charge in [0.15, 0.2) is 0 Å². The molecule has 1 heterocycles. The van der Waals surface area contributed by atoms with E-state index in [2.05, 4.69) is 0 Å². The van der Waals surface area contributed by atoms with Crippen LogP contribution in [0.1, 0.15) is 0 Å². The highest BCUT2D eigenvalue weighted by Crippen LogP contribution is 2.32. The Labute approximate surface area is 105 Å². The number of nitrogens with two attached hydrogens (primary N) is 1. The zero-order valence-electron chi connectivity index (χ0n) is 9.76. The number of hydrogen-bond donors (Lipinski definition) is 1. The van der Waals surface area contributed by atoms with Crippen molar-refractivity contribution in [1.29, 1.82) is 0 Å². The number of anilines is 1. The zero-order chi connectivity index (χ0) is 12.3. The second-order valence-electron chi connectivity index (χ2n) is 3.84. The van der Waals surface area contributed by atoms with Crippen molar-refractivity contribution in [1.82, 2.24) is 0 Å². The Morgan fingerprint density at radius 3 is 3.00 bits per heavy atom. The third-order valence-corrected chi connectivity index (χ3v) is 3.86. The van der Waals surface area contributed by atoms with Gasteiger partial charge in [-0.15, -0.1) is 11.8 Å². The lowest BCUT2D eigenvalue weighted by atomic mass is 10.2. The van der Waals surface area contributed by atoms with Crippen LogP contribution >= 0.6 is 11.8 Å². The molecular formula is C12H16N2O2S. The summed E-state index contributed by atoms with van der Waals surface area (Å²) in [6.07, 6.45) is 0. The van der Waals surface area contributed by atoms with Crippen LogP contribution in [0.25, 0.3) is 0 Å². The standard InChI is InChI=1S/C12H16N2O2S/c1-16-11-5-3-2-4-10(11)14-9(6-13)7-17-8-12(14)15/h2-5,9H,6-8,13H2,1H3. The quantitative estimate of drug-likeness (QED) is 0.875. The number of carbonyl (C=O) groups is 1. The van der Waals surface area contributed by atoms with E-state index in [9.17, 15) is 4.79 Å². The molecule has 2 rings (SSSR count). The minimum Gasteiger partial charge on any atom is -0.495 e. The van der Waals surface area contributed by atoms with Gasteiger partial charge in [-0.05, 0) is 12.1 Å². The molecule has 1 amide bonds. The Morgan fingerprint density at radius 1 is 1.53 bits per heavy atom. The van der Waals surface area contributed by atoms with E-state index in [0.717, 1.165) is 11.4 Å². The molecule has 1 fully saturated rings. The lowest BCUT2D eigenvalue weighted by Gasteiger charge is -2.35. The Bertz CT molecular complexity index is 411. The van der Waals surface area contributed by atoms with Crippen molar-refractivity contribution < 1.29 is 9.53 Å². The molecule has 1 atom stereocenters. The summed E-state index contributed by atoms with van der Waals surface area (Å²) in [5.41, 5.74) is 6.55. The molecule has 0 bridgehead atoms. The smallest absolute Gasteiger partial charge is 0.237 e. The first-order chi connectivity index (χ1) is 8.27. The summed E-state index contributed by atoms with van der Waals surface area (Å²) in [5, 5.41) is 0. The number of nitrogens with zero attached hydrogens (tertiary/aromatic N) is 1. The van der Waals surface area contributed by atoms with Gasteiger partial charge in [0.25, 0.3) is 0 Å². The van der Waals surface area contributed by atoms with Crippen LogP contribution in [0.4, 0.5) is 5.69 Å². The Morgan fingerprint density at radius 2 is 2.29 bits per heavy atom. The number of amides is 1. The summed E-state index contributed by atoms with van der Waals surface area (Å²) in [6, 6.07) is 7.61. The van der Waals surface area contributed by atoms with Crippen molar-refractivity contribution in [3.8, 4) is 5.75 Å². The Balaban J connectivity index is 2.37. The van der Waals surface area contributed by atoms with Crippen molar-refractivity contribution in [3.63, 3.8) is 0 Å². The molecule has 0 aromatic heterocycles. The van der Waals surface area contributed by atoms with Crippen LogP contribution in [-0.4, -0.2) is 37.1 Å². The van der Waals surface area contributed by atoms with E-state index >= 15 is 0 Å². The van der Waals surface area contributed by atoms with Gasteiger partial charge in [-0.2, -0.15) is 0 Å². The highest BCUT2D eigenvalue weighted by Gasteiger charge is 2.30. The largest absolute Gasteiger partial charge is 0.495 e. The maximum Gasteiger partial charge on any atom is 0.237 e. The van der Waals surface area contributed by atoms with E-state index in [1.807, 2.05) is 24.3 Å². The molecule has 0 saturated carbocycles. The first-order valence-corrected chi connectivity index (χ1v) is 6.66. The van der Waals surface area contributed by atoms with Gasteiger partial charge in [-0.3, -0.25) is 4.79 Å². The summed E-state index contributed by atoms with van der Waals surface area (Å²) in [6.45, 7) is 0.469. The molecule has 4 nitrogen and oxygen atoms in total. The summed E-state index contributed by atoms with van der Waals surface area (Å²) >= 11 is 1.64. The third-order valence-electron chi connectivity index (χ3n) is 2.79.